The van der Waals surface area contributed by atoms with Crippen molar-refractivity contribution in [3.05, 3.63) is 17.8 Å². The number of aromatic nitrogens is 2. The molecular weight excluding hydrogens is 196 g/mol. The van der Waals surface area contributed by atoms with Gasteiger partial charge in [0, 0.05) is 11.4 Å². The summed E-state index contributed by atoms with van der Waals surface area (Å²) in [6.45, 7) is 0. The average molecular weight is 203 g/mol. The van der Waals surface area contributed by atoms with Gasteiger partial charge < -0.3 is 4.74 Å². The largest absolute Gasteiger partial charge is 0.480 e. The van der Waals surface area contributed by atoms with Crippen LogP contribution in [0.5, 0.6) is 5.88 Å². The van der Waals surface area contributed by atoms with Crippen molar-refractivity contribution in [2.24, 2.45) is 0 Å². The molecule has 0 aliphatic carbocycles. The molecule has 0 aliphatic rings. The maximum atomic E-state index is 4.82. The van der Waals surface area contributed by atoms with Crippen molar-refractivity contribution >= 4 is 15.9 Å². The number of ether oxygens (including phenoxy) is 1. The zero-order valence-electron chi connectivity index (χ0n) is 5.54. The lowest BCUT2D eigenvalue weighted by molar-refractivity contribution is 0.391. The summed E-state index contributed by atoms with van der Waals surface area (Å²) in [7, 11) is 1.57. The SMILES string of the molecule is COc1ccc(CBr)nn1. The predicted molar refractivity (Wildman–Crippen MR) is 41.2 cm³/mol. The zero-order valence-corrected chi connectivity index (χ0v) is 7.13. The van der Waals surface area contributed by atoms with E-state index in [2.05, 4.69) is 26.1 Å². The summed E-state index contributed by atoms with van der Waals surface area (Å²) < 4.78 is 4.82. The van der Waals surface area contributed by atoms with E-state index in [1.165, 1.54) is 0 Å². The number of hydrogen-bond donors (Lipinski definition) is 0. The van der Waals surface area contributed by atoms with Crippen molar-refractivity contribution in [1.29, 1.82) is 0 Å². The Bertz CT molecular complexity index is 176. The predicted octanol–water partition coefficient (Wildman–Crippen LogP) is 1.38. The van der Waals surface area contributed by atoms with E-state index in [1.54, 1.807) is 13.2 Å². The van der Waals surface area contributed by atoms with Crippen LogP contribution in [0.25, 0.3) is 0 Å². The minimum atomic E-state index is 0.546. The number of rotatable bonds is 2. The molecule has 3 nitrogen and oxygen atoms in total. The van der Waals surface area contributed by atoms with Gasteiger partial charge in [-0.2, -0.15) is 5.10 Å². The van der Waals surface area contributed by atoms with Crippen molar-refractivity contribution in [1.82, 2.24) is 10.2 Å². The highest BCUT2D eigenvalue weighted by molar-refractivity contribution is 9.08. The van der Waals surface area contributed by atoms with Crippen molar-refractivity contribution in [2.45, 2.75) is 5.33 Å². The number of halogens is 1. The molecule has 0 N–H and O–H groups in total. The van der Waals surface area contributed by atoms with Gasteiger partial charge in [-0.3, -0.25) is 0 Å². The Hall–Kier alpha value is -0.640. The maximum absolute atomic E-state index is 4.82. The van der Waals surface area contributed by atoms with Gasteiger partial charge >= 0.3 is 0 Å². The van der Waals surface area contributed by atoms with Gasteiger partial charge in [-0.25, -0.2) is 0 Å². The minimum absolute atomic E-state index is 0.546. The third-order valence-electron chi connectivity index (χ3n) is 1.04. The quantitative estimate of drug-likeness (QED) is 0.681. The summed E-state index contributed by atoms with van der Waals surface area (Å²) in [6, 6.07) is 3.64. The van der Waals surface area contributed by atoms with E-state index in [1.807, 2.05) is 6.07 Å². The Morgan fingerprint density at radius 2 is 2.30 bits per heavy atom. The number of nitrogens with zero attached hydrogens (tertiary/aromatic N) is 2. The van der Waals surface area contributed by atoms with Crippen molar-refractivity contribution in [2.75, 3.05) is 7.11 Å². The average Bonchev–Trinajstić information content (AvgIpc) is 2.05. The Balaban J connectivity index is 2.80. The van der Waals surface area contributed by atoms with Gasteiger partial charge in [0.2, 0.25) is 5.88 Å². The molecule has 0 aliphatic heterocycles. The molecule has 1 aromatic heterocycles. The van der Waals surface area contributed by atoms with Crippen molar-refractivity contribution in [3.8, 4) is 5.88 Å². The van der Waals surface area contributed by atoms with Gasteiger partial charge in [0.25, 0.3) is 0 Å². The van der Waals surface area contributed by atoms with Crippen LogP contribution in [0.4, 0.5) is 0 Å². The van der Waals surface area contributed by atoms with Crippen molar-refractivity contribution < 1.29 is 4.74 Å². The molecule has 0 saturated carbocycles. The Morgan fingerprint density at radius 1 is 1.50 bits per heavy atom. The molecule has 1 heterocycles. The molecule has 54 valence electrons. The third kappa shape index (κ3) is 1.67. The fourth-order valence-corrected chi connectivity index (χ4v) is 0.827. The van der Waals surface area contributed by atoms with Crippen LogP contribution in [0.1, 0.15) is 5.69 Å². The van der Waals surface area contributed by atoms with Crippen LogP contribution in [0, 0.1) is 0 Å². The first-order chi connectivity index (χ1) is 4.86. The van der Waals surface area contributed by atoms with E-state index in [4.69, 9.17) is 4.74 Å². The van der Waals surface area contributed by atoms with Crippen LogP contribution < -0.4 is 4.74 Å². The second-order valence-corrected chi connectivity index (χ2v) is 2.26. The van der Waals surface area contributed by atoms with Gasteiger partial charge in [-0.1, -0.05) is 15.9 Å². The lowest BCUT2D eigenvalue weighted by Gasteiger charge is -1.96. The third-order valence-corrected chi connectivity index (χ3v) is 1.62. The topological polar surface area (TPSA) is 35.0 Å². The molecule has 0 spiro atoms. The molecule has 0 aromatic carbocycles. The zero-order chi connectivity index (χ0) is 7.40. The summed E-state index contributed by atoms with van der Waals surface area (Å²) in [5, 5.41) is 8.34. The summed E-state index contributed by atoms with van der Waals surface area (Å²) in [5.74, 6) is 0.546. The van der Waals surface area contributed by atoms with E-state index in [0.29, 0.717) is 5.88 Å². The molecule has 0 fully saturated rings. The lowest BCUT2D eigenvalue weighted by Crippen LogP contribution is -1.92. The number of hydrogen-bond acceptors (Lipinski definition) is 3. The first kappa shape index (κ1) is 7.47. The standard InChI is InChI=1S/C6H7BrN2O/c1-10-6-3-2-5(4-7)8-9-6/h2-3H,4H2,1H3. The van der Waals surface area contributed by atoms with Gasteiger partial charge in [0.05, 0.1) is 12.8 Å². The Kier molecular flexibility index (Phi) is 2.62. The van der Waals surface area contributed by atoms with E-state index in [0.717, 1.165) is 11.0 Å². The van der Waals surface area contributed by atoms with Crippen LogP contribution in [0.2, 0.25) is 0 Å². The molecule has 0 amide bonds. The van der Waals surface area contributed by atoms with Gasteiger partial charge in [-0.15, -0.1) is 5.10 Å². The smallest absolute Gasteiger partial charge is 0.233 e. The summed E-state index contributed by atoms with van der Waals surface area (Å²) in [6.07, 6.45) is 0. The first-order valence-electron chi connectivity index (χ1n) is 2.79. The highest BCUT2D eigenvalue weighted by Crippen LogP contribution is 2.05. The molecule has 4 heteroatoms. The van der Waals surface area contributed by atoms with Gasteiger partial charge in [-0.05, 0) is 6.07 Å². The molecule has 1 rings (SSSR count). The Labute approximate surface area is 67.6 Å². The molecule has 10 heavy (non-hydrogen) atoms. The van der Waals surface area contributed by atoms with Crippen LogP contribution in [-0.2, 0) is 5.33 Å². The molecule has 0 saturated heterocycles. The van der Waals surface area contributed by atoms with Gasteiger partial charge in [0.1, 0.15) is 0 Å². The summed E-state index contributed by atoms with van der Waals surface area (Å²) in [4.78, 5) is 0. The van der Waals surface area contributed by atoms with Crippen LogP contribution in [-0.4, -0.2) is 17.3 Å². The van der Waals surface area contributed by atoms with E-state index < -0.39 is 0 Å². The second kappa shape index (κ2) is 3.51. The van der Waals surface area contributed by atoms with Gasteiger partial charge in [0.15, 0.2) is 0 Å². The molecule has 0 atom stereocenters. The molecule has 1 aromatic rings. The number of alkyl halides is 1. The first-order valence-corrected chi connectivity index (χ1v) is 3.91. The van der Waals surface area contributed by atoms with Crippen LogP contribution >= 0.6 is 15.9 Å². The summed E-state index contributed by atoms with van der Waals surface area (Å²) >= 11 is 3.26. The van der Waals surface area contributed by atoms with E-state index >= 15 is 0 Å². The molecular formula is C6H7BrN2O. The van der Waals surface area contributed by atoms with E-state index in [-0.39, 0.29) is 0 Å². The van der Waals surface area contributed by atoms with E-state index in [9.17, 15) is 0 Å². The second-order valence-electron chi connectivity index (χ2n) is 1.70. The minimum Gasteiger partial charge on any atom is -0.480 e. The fraction of sp³-hybridized carbons (Fsp3) is 0.333. The summed E-state index contributed by atoms with van der Waals surface area (Å²) in [5.41, 5.74) is 0.904. The molecule has 0 radical (unpaired) electrons. The highest BCUT2D eigenvalue weighted by atomic mass is 79.9. The lowest BCUT2D eigenvalue weighted by atomic mass is 10.4. The Morgan fingerprint density at radius 3 is 2.70 bits per heavy atom. The molecule has 0 bridgehead atoms. The monoisotopic (exact) mass is 202 g/mol. The maximum Gasteiger partial charge on any atom is 0.233 e. The highest BCUT2D eigenvalue weighted by Gasteiger charge is 1.93. The number of methoxy groups -OCH3 is 1. The van der Waals surface area contributed by atoms with Crippen LogP contribution in [0.15, 0.2) is 12.1 Å². The van der Waals surface area contributed by atoms with Crippen molar-refractivity contribution in [3.63, 3.8) is 0 Å². The van der Waals surface area contributed by atoms with Crippen LogP contribution in [0.3, 0.4) is 0 Å². The molecule has 0 unspecified atom stereocenters. The fourth-order valence-electron chi connectivity index (χ4n) is 0.528. The normalized spacial score (nSPS) is 9.40.